The number of likely N-dealkylation sites (N-methyl/N-ethyl adjacent to an activating group) is 1. The van der Waals surface area contributed by atoms with Crippen molar-refractivity contribution in [2.24, 2.45) is 0 Å². The second-order valence-electron chi connectivity index (χ2n) is 4.08. The Morgan fingerprint density at radius 3 is 2.41 bits per heavy atom. The summed E-state index contributed by atoms with van der Waals surface area (Å²) in [5, 5.41) is 0. The molecule has 0 aromatic heterocycles. The first-order chi connectivity index (χ1) is 8.08. The van der Waals surface area contributed by atoms with Gasteiger partial charge in [0.2, 0.25) is 0 Å². The zero-order valence-electron chi connectivity index (χ0n) is 10.6. The Morgan fingerprint density at radius 1 is 1.24 bits per heavy atom. The van der Waals surface area contributed by atoms with E-state index >= 15 is 0 Å². The van der Waals surface area contributed by atoms with E-state index in [1.807, 2.05) is 38.4 Å². The summed E-state index contributed by atoms with van der Waals surface area (Å²) in [7, 11) is 4.01. The van der Waals surface area contributed by atoms with Crippen molar-refractivity contribution >= 4 is 5.97 Å². The fourth-order valence-electron chi connectivity index (χ4n) is 1.21. The van der Waals surface area contributed by atoms with Crippen molar-refractivity contribution in [3.05, 3.63) is 29.8 Å². The summed E-state index contributed by atoms with van der Waals surface area (Å²) in [6, 6.07) is 7.56. The van der Waals surface area contributed by atoms with E-state index in [1.54, 1.807) is 0 Å². The first kappa shape index (κ1) is 13.5. The molecule has 0 aliphatic heterocycles. The van der Waals surface area contributed by atoms with Crippen LogP contribution in [0.25, 0.3) is 0 Å². The van der Waals surface area contributed by atoms with Gasteiger partial charge in [-0.15, -0.1) is 0 Å². The largest absolute Gasteiger partial charge is 0.492 e. The molecule has 4 heteroatoms. The highest BCUT2D eigenvalue weighted by molar-refractivity contribution is 5.65. The van der Waals surface area contributed by atoms with Gasteiger partial charge >= 0.3 is 5.97 Å². The molecule has 0 N–H and O–H groups in total. The molecule has 0 aliphatic carbocycles. The second-order valence-corrected chi connectivity index (χ2v) is 4.08. The lowest BCUT2D eigenvalue weighted by Gasteiger charge is -2.11. The van der Waals surface area contributed by atoms with Crippen molar-refractivity contribution in [2.45, 2.75) is 13.5 Å². The SMILES string of the molecule is CC(=O)OCc1ccc(OCCN(C)C)cc1. The fourth-order valence-corrected chi connectivity index (χ4v) is 1.21. The first-order valence-corrected chi connectivity index (χ1v) is 5.58. The van der Waals surface area contributed by atoms with Gasteiger partial charge in [0.25, 0.3) is 0 Å². The van der Waals surface area contributed by atoms with Gasteiger partial charge in [-0.3, -0.25) is 4.79 Å². The van der Waals surface area contributed by atoms with Crippen molar-refractivity contribution in [2.75, 3.05) is 27.2 Å². The number of benzene rings is 1. The molecule has 0 saturated carbocycles. The van der Waals surface area contributed by atoms with Gasteiger partial charge < -0.3 is 14.4 Å². The Kier molecular flexibility index (Phi) is 5.49. The predicted octanol–water partition coefficient (Wildman–Crippen LogP) is 1.69. The first-order valence-electron chi connectivity index (χ1n) is 5.58. The maximum absolute atomic E-state index is 10.6. The van der Waals surface area contributed by atoms with Crippen molar-refractivity contribution in [3.63, 3.8) is 0 Å². The maximum Gasteiger partial charge on any atom is 0.302 e. The summed E-state index contributed by atoms with van der Waals surface area (Å²) < 4.78 is 10.4. The van der Waals surface area contributed by atoms with Crippen LogP contribution in [0.3, 0.4) is 0 Å². The van der Waals surface area contributed by atoms with Crippen LogP contribution >= 0.6 is 0 Å². The van der Waals surface area contributed by atoms with Crippen LogP contribution in [0.15, 0.2) is 24.3 Å². The molecule has 1 rings (SSSR count). The molecule has 94 valence electrons. The number of carbonyl (C=O) groups is 1. The van der Waals surface area contributed by atoms with Crippen molar-refractivity contribution in [1.82, 2.24) is 4.90 Å². The summed E-state index contributed by atoms with van der Waals surface area (Å²) >= 11 is 0. The minimum absolute atomic E-state index is 0.267. The van der Waals surface area contributed by atoms with Gasteiger partial charge in [0.05, 0.1) is 0 Å². The maximum atomic E-state index is 10.6. The molecule has 4 nitrogen and oxygen atoms in total. The van der Waals surface area contributed by atoms with E-state index in [9.17, 15) is 4.79 Å². The van der Waals surface area contributed by atoms with Crippen LogP contribution in [-0.4, -0.2) is 38.1 Å². The van der Waals surface area contributed by atoms with E-state index in [0.29, 0.717) is 13.2 Å². The molecular formula is C13H19NO3. The average molecular weight is 237 g/mol. The normalized spacial score (nSPS) is 10.4. The molecule has 1 aromatic carbocycles. The van der Waals surface area contributed by atoms with Crippen LogP contribution < -0.4 is 4.74 Å². The third kappa shape index (κ3) is 5.92. The molecule has 0 aliphatic rings. The van der Waals surface area contributed by atoms with Gasteiger partial charge in [0.1, 0.15) is 19.0 Å². The number of hydrogen-bond donors (Lipinski definition) is 0. The molecule has 0 atom stereocenters. The van der Waals surface area contributed by atoms with E-state index in [2.05, 4.69) is 4.90 Å². The van der Waals surface area contributed by atoms with Gasteiger partial charge in [0.15, 0.2) is 0 Å². The van der Waals surface area contributed by atoms with Gasteiger partial charge in [-0.2, -0.15) is 0 Å². The van der Waals surface area contributed by atoms with Gasteiger partial charge in [-0.1, -0.05) is 12.1 Å². The summed E-state index contributed by atoms with van der Waals surface area (Å²) in [6.45, 7) is 3.26. The monoisotopic (exact) mass is 237 g/mol. The number of esters is 1. The number of ether oxygens (including phenoxy) is 2. The Balaban J connectivity index is 2.36. The Morgan fingerprint density at radius 2 is 1.88 bits per heavy atom. The predicted molar refractivity (Wildman–Crippen MR) is 66.0 cm³/mol. The smallest absolute Gasteiger partial charge is 0.302 e. The lowest BCUT2D eigenvalue weighted by molar-refractivity contribution is -0.142. The molecular weight excluding hydrogens is 218 g/mol. The van der Waals surface area contributed by atoms with Crippen molar-refractivity contribution < 1.29 is 14.3 Å². The number of carbonyl (C=O) groups excluding carboxylic acids is 1. The molecule has 0 fully saturated rings. The van der Waals surface area contributed by atoms with E-state index in [4.69, 9.17) is 9.47 Å². The molecule has 0 saturated heterocycles. The minimum atomic E-state index is -0.267. The van der Waals surface area contributed by atoms with E-state index in [0.717, 1.165) is 17.9 Å². The Hall–Kier alpha value is -1.55. The number of nitrogens with zero attached hydrogens (tertiary/aromatic N) is 1. The van der Waals surface area contributed by atoms with Crippen LogP contribution in [0.4, 0.5) is 0 Å². The zero-order chi connectivity index (χ0) is 12.7. The van der Waals surface area contributed by atoms with Gasteiger partial charge in [-0.05, 0) is 31.8 Å². The molecule has 0 amide bonds. The van der Waals surface area contributed by atoms with Crippen molar-refractivity contribution in [1.29, 1.82) is 0 Å². The standard InChI is InChI=1S/C13H19NO3/c1-11(15)17-10-12-4-6-13(7-5-12)16-9-8-14(2)3/h4-7H,8-10H2,1-3H3. The molecule has 0 radical (unpaired) electrons. The highest BCUT2D eigenvalue weighted by Crippen LogP contribution is 2.12. The summed E-state index contributed by atoms with van der Waals surface area (Å²) in [5.74, 6) is 0.565. The van der Waals surface area contributed by atoms with E-state index in [-0.39, 0.29) is 5.97 Å². The van der Waals surface area contributed by atoms with E-state index < -0.39 is 0 Å². The highest BCUT2D eigenvalue weighted by atomic mass is 16.5. The van der Waals surface area contributed by atoms with Crippen LogP contribution in [-0.2, 0) is 16.1 Å². The summed E-state index contributed by atoms with van der Waals surface area (Å²) in [5.41, 5.74) is 0.958. The molecule has 0 bridgehead atoms. The number of rotatable bonds is 6. The zero-order valence-corrected chi connectivity index (χ0v) is 10.6. The average Bonchev–Trinajstić information content (AvgIpc) is 2.27. The van der Waals surface area contributed by atoms with Gasteiger partial charge in [-0.25, -0.2) is 0 Å². The summed E-state index contributed by atoms with van der Waals surface area (Å²) in [4.78, 5) is 12.7. The van der Waals surface area contributed by atoms with E-state index in [1.165, 1.54) is 6.92 Å². The Bertz CT molecular complexity index is 346. The topological polar surface area (TPSA) is 38.8 Å². The lowest BCUT2D eigenvalue weighted by Crippen LogP contribution is -2.19. The lowest BCUT2D eigenvalue weighted by atomic mass is 10.2. The summed E-state index contributed by atoms with van der Waals surface area (Å²) in [6.07, 6.45) is 0. The third-order valence-corrected chi connectivity index (χ3v) is 2.17. The Labute approximate surface area is 102 Å². The van der Waals surface area contributed by atoms with Crippen molar-refractivity contribution in [3.8, 4) is 5.75 Å². The van der Waals surface area contributed by atoms with Crippen LogP contribution in [0.5, 0.6) is 5.75 Å². The van der Waals surface area contributed by atoms with Crippen LogP contribution in [0.2, 0.25) is 0 Å². The molecule has 0 heterocycles. The fraction of sp³-hybridized carbons (Fsp3) is 0.462. The molecule has 0 unspecified atom stereocenters. The van der Waals surface area contributed by atoms with Crippen LogP contribution in [0.1, 0.15) is 12.5 Å². The minimum Gasteiger partial charge on any atom is -0.492 e. The highest BCUT2D eigenvalue weighted by Gasteiger charge is 1.98. The molecule has 0 spiro atoms. The molecule has 17 heavy (non-hydrogen) atoms. The third-order valence-electron chi connectivity index (χ3n) is 2.17. The van der Waals surface area contributed by atoms with Crippen LogP contribution in [0, 0.1) is 0 Å². The van der Waals surface area contributed by atoms with Gasteiger partial charge in [0, 0.05) is 13.5 Å². The second kappa shape index (κ2) is 6.91. The quantitative estimate of drug-likeness (QED) is 0.706. The number of hydrogen-bond acceptors (Lipinski definition) is 4. The molecule has 1 aromatic rings.